The maximum Gasteiger partial charge on any atom is 0.233 e. The molecule has 0 bridgehead atoms. The topological polar surface area (TPSA) is 79.8 Å². The number of pyridine rings is 2. The molecule has 0 radical (unpaired) electrons. The first-order valence-electron chi connectivity index (χ1n) is 14.3. The van der Waals surface area contributed by atoms with Crippen molar-refractivity contribution in [3.8, 4) is 22.1 Å². The number of anilines is 1. The number of amides is 1. The molecule has 6 rings (SSSR count). The molecule has 12 heteroatoms. The molecule has 0 unspecified atom stereocenters. The van der Waals surface area contributed by atoms with Gasteiger partial charge in [0.2, 0.25) is 5.91 Å². The lowest BCUT2D eigenvalue weighted by Gasteiger charge is -2.21. The van der Waals surface area contributed by atoms with Crippen LogP contribution in [0.15, 0.2) is 79.1 Å². The number of methoxy groups -OCH3 is 1. The number of nitrogens with zero attached hydrogens (tertiary/aromatic N) is 4. The number of rotatable bonds is 11. The van der Waals surface area contributed by atoms with Gasteiger partial charge in [-0.05, 0) is 65.8 Å². The van der Waals surface area contributed by atoms with Gasteiger partial charge in [0.15, 0.2) is 16.7 Å². The van der Waals surface area contributed by atoms with Crippen molar-refractivity contribution in [2.75, 3.05) is 38.3 Å². The molecule has 8 nitrogen and oxygen atoms in total. The molecule has 0 aliphatic carbocycles. The summed E-state index contributed by atoms with van der Waals surface area (Å²) in [6.07, 6.45) is 3.41. The van der Waals surface area contributed by atoms with Crippen molar-refractivity contribution in [1.29, 1.82) is 0 Å². The third kappa shape index (κ3) is 6.99. The molecular weight excluding hydrogens is 617 g/mol. The number of halogens is 2. The highest BCUT2D eigenvalue weighted by molar-refractivity contribution is 7.80. The maximum atomic E-state index is 15.2. The Morgan fingerprint density at radius 2 is 1.89 bits per heavy atom. The van der Waals surface area contributed by atoms with Gasteiger partial charge in [-0.2, -0.15) is 0 Å². The summed E-state index contributed by atoms with van der Waals surface area (Å²) >= 11 is 6.97. The fourth-order valence-corrected chi connectivity index (χ4v) is 6.41. The molecule has 1 amide bonds. The van der Waals surface area contributed by atoms with Crippen molar-refractivity contribution in [2.24, 2.45) is 0 Å². The van der Waals surface area contributed by atoms with Gasteiger partial charge in [-0.15, -0.1) is 11.3 Å². The number of nitrogens with one attached hydrogen (secondary N) is 1. The number of hydrogen-bond acceptors (Lipinski definition) is 8. The van der Waals surface area contributed by atoms with Crippen LogP contribution in [-0.4, -0.2) is 59.2 Å². The zero-order valence-electron chi connectivity index (χ0n) is 24.3. The maximum absolute atomic E-state index is 15.2. The van der Waals surface area contributed by atoms with E-state index in [0.717, 1.165) is 32.9 Å². The van der Waals surface area contributed by atoms with E-state index in [1.807, 2.05) is 24.4 Å². The molecule has 230 valence electrons. The van der Waals surface area contributed by atoms with Crippen molar-refractivity contribution < 1.29 is 23.0 Å². The summed E-state index contributed by atoms with van der Waals surface area (Å²) in [5, 5.41) is 3.59. The molecule has 0 atom stereocenters. The van der Waals surface area contributed by atoms with E-state index in [1.165, 1.54) is 40.5 Å². The summed E-state index contributed by atoms with van der Waals surface area (Å²) < 4.78 is 40.8. The van der Waals surface area contributed by atoms with Crippen molar-refractivity contribution in [2.45, 2.75) is 13.0 Å². The van der Waals surface area contributed by atoms with Crippen molar-refractivity contribution in [3.63, 3.8) is 0 Å². The van der Waals surface area contributed by atoms with Crippen LogP contribution >= 0.6 is 23.6 Å². The second-order valence-electron chi connectivity index (χ2n) is 10.4. The summed E-state index contributed by atoms with van der Waals surface area (Å²) in [7, 11) is 1.67. The lowest BCUT2D eigenvalue weighted by molar-refractivity contribution is -0.126. The number of carbonyl (C=O) groups is 1. The highest BCUT2D eigenvalue weighted by atomic mass is 32.1. The molecule has 2 aromatic carbocycles. The molecule has 0 spiro atoms. The van der Waals surface area contributed by atoms with Crippen LogP contribution in [0.1, 0.15) is 11.1 Å². The van der Waals surface area contributed by atoms with E-state index in [9.17, 15) is 9.18 Å². The highest BCUT2D eigenvalue weighted by Gasteiger charge is 2.30. The zero-order chi connectivity index (χ0) is 31.3. The van der Waals surface area contributed by atoms with Crippen molar-refractivity contribution >= 4 is 50.5 Å². The largest absolute Gasteiger partial charge is 0.453 e. The Balaban J connectivity index is 1.12. The smallest absolute Gasteiger partial charge is 0.233 e. The van der Waals surface area contributed by atoms with Gasteiger partial charge in [-0.1, -0.05) is 18.2 Å². The minimum Gasteiger partial charge on any atom is -0.453 e. The van der Waals surface area contributed by atoms with E-state index < -0.39 is 5.82 Å². The molecule has 3 aromatic heterocycles. The first kappa shape index (κ1) is 30.7. The number of thiophene rings is 1. The van der Waals surface area contributed by atoms with Crippen LogP contribution in [0, 0.1) is 11.6 Å². The van der Waals surface area contributed by atoms with E-state index in [0.29, 0.717) is 48.4 Å². The molecule has 1 fully saturated rings. The van der Waals surface area contributed by atoms with Gasteiger partial charge < -0.3 is 19.7 Å². The van der Waals surface area contributed by atoms with Crippen LogP contribution in [0.2, 0.25) is 0 Å². The van der Waals surface area contributed by atoms with Crippen LogP contribution < -0.4 is 15.0 Å². The number of fused-ring (bicyclic) bond motifs is 1. The third-order valence-electron chi connectivity index (χ3n) is 7.27. The average molecular weight is 646 g/mol. The highest BCUT2D eigenvalue weighted by Crippen LogP contribution is 2.39. The van der Waals surface area contributed by atoms with E-state index in [-0.39, 0.29) is 23.9 Å². The normalized spacial score (nSPS) is 13.2. The minimum absolute atomic E-state index is 0.0334. The number of benzene rings is 2. The molecule has 1 saturated heterocycles. The Kier molecular flexibility index (Phi) is 9.36. The molecule has 4 heterocycles. The van der Waals surface area contributed by atoms with Crippen molar-refractivity contribution in [3.05, 3.63) is 102 Å². The van der Waals surface area contributed by atoms with Crippen LogP contribution in [0.3, 0.4) is 0 Å². The van der Waals surface area contributed by atoms with Gasteiger partial charge in [0, 0.05) is 57.4 Å². The fraction of sp³-hybridized carbons (Fsp3) is 0.212. The molecule has 45 heavy (non-hydrogen) atoms. The first-order chi connectivity index (χ1) is 21.9. The predicted molar refractivity (Wildman–Crippen MR) is 175 cm³/mol. The lowest BCUT2D eigenvalue weighted by Crippen LogP contribution is -2.37. The number of carbonyl (C=O) groups excluding carboxylic acids is 1. The van der Waals surface area contributed by atoms with Gasteiger partial charge in [-0.25, -0.2) is 8.78 Å². The quantitative estimate of drug-likeness (QED) is 0.132. The Labute approximate surface area is 268 Å². The summed E-state index contributed by atoms with van der Waals surface area (Å²) in [6.45, 7) is 2.92. The molecule has 1 aliphatic rings. The Bertz CT molecular complexity index is 1850. The molecule has 1 N–H and O–H groups in total. The van der Waals surface area contributed by atoms with Crippen LogP contribution in [0.5, 0.6) is 11.5 Å². The standard InChI is InChI=1S/C33H29F2N5O3S2/c1-42-14-11-36-19-22-5-7-26(38-20-22)30-18-27-32(45-30)29(9-10-37-27)43-28-8-6-21(15-25(28)35)16-31(41)40-13-12-39(33(40)44)24-4-2-3-23(34)17-24/h2-10,15,17-18,20,36H,11-14,16,19H2,1H3. The Morgan fingerprint density at radius 3 is 2.67 bits per heavy atom. The minimum atomic E-state index is -0.594. The summed E-state index contributed by atoms with van der Waals surface area (Å²) in [6, 6.07) is 18.2. The van der Waals surface area contributed by atoms with Gasteiger partial charge in [-0.3, -0.25) is 19.7 Å². The van der Waals surface area contributed by atoms with Gasteiger partial charge in [0.05, 0.1) is 33.8 Å². The van der Waals surface area contributed by atoms with Gasteiger partial charge >= 0.3 is 0 Å². The van der Waals surface area contributed by atoms with E-state index in [1.54, 1.807) is 42.5 Å². The Hall–Kier alpha value is -4.36. The molecular formula is C33H29F2N5O3S2. The number of hydrogen-bond donors (Lipinski definition) is 1. The average Bonchev–Trinajstić information content (AvgIpc) is 3.65. The van der Waals surface area contributed by atoms with E-state index in [2.05, 4.69) is 15.3 Å². The van der Waals surface area contributed by atoms with Gasteiger partial charge in [0.1, 0.15) is 11.6 Å². The number of aromatic nitrogens is 2. The summed E-state index contributed by atoms with van der Waals surface area (Å²) in [4.78, 5) is 26.2. The lowest BCUT2D eigenvalue weighted by atomic mass is 10.1. The van der Waals surface area contributed by atoms with Crippen LogP contribution in [0.25, 0.3) is 20.8 Å². The number of ether oxygens (including phenoxy) is 2. The second-order valence-corrected chi connectivity index (χ2v) is 11.8. The molecule has 0 saturated carbocycles. The number of thiocarbonyl (C=S) groups is 1. The Morgan fingerprint density at radius 1 is 1.02 bits per heavy atom. The molecule has 5 aromatic rings. The van der Waals surface area contributed by atoms with Crippen LogP contribution in [0.4, 0.5) is 14.5 Å². The first-order valence-corrected chi connectivity index (χ1v) is 15.5. The fourth-order valence-electron chi connectivity index (χ4n) is 4.98. The predicted octanol–water partition coefficient (Wildman–Crippen LogP) is 6.34. The third-order valence-corrected chi connectivity index (χ3v) is 8.87. The monoisotopic (exact) mass is 645 g/mol. The second kappa shape index (κ2) is 13.7. The van der Waals surface area contributed by atoms with E-state index in [4.69, 9.17) is 21.7 Å². The van der Waals surface area contributed by atoms with Gasteiger partial charge in [0.25, 0.3) is 0 Å². The zero-order valence-corrected chi connectivity index (χ0v) is 26.0. The van der Waals surface area contributed by atoms with Crippen LogP contribution in [-0.2, 0) is 22.5 Å². The SMILES string of the molecule is COCCNCc1ccc(-c2cc3nccc(Oc4ccc(CC(=O)N5CCN(c6cccc(F)c6)C5=S)cc4F)c3s2)nc1. The molecule has 1 aliphatic heterocycles. The summed E-state index contributed by atoms with van der Waals surface area (Å²) in [5.41, 5.74) is 3.66. The summed E-state index contributed by atoms with van der Waals surface area (Å²) in [5.74, 6) is -0.736. The van der Waals surface area contributed by atoms with Crippen molar-refractivity contribution in [1.82, 2.24) is 20.2 Å². The van der Waals surface area contributed by atoms with E-state index >= 15 is 4.39 Å².